The first kappa shape index (κ1) is 14.6. The molecule has 3 heteroatoms. The van der Waals surface area contributed by atoms with Crippen molar-refractivity contribution in [3.63, 3.8) is 0 Å². The van der Waals surface area contributed by atoms with Gasteiger partial charge in [0.1, 0.15) is 17.5 Å². The minimum absolute atomic E-state index is 0.0141. The van der Waals surface area contributed by atoms with E-state index in [2.05, 4.69) is 4.99 Å². The van der Waals surface area contributed by atoms with Gasteiger partial charge < -0.3 is 0 Å². The lowest BCUT2D eigenvalue weighted by Gasteiger charge is -2.30. The summed E-state index contributed by atoms with van der Waals surface area (Å²) in [6.07, 6.45) is 2.42. The second-order valence-corrected chi connectivity index (χ2v) is 6.50. The molecule has 1 aliphatic carbocycles. The third-order valence-electron chi connectivity index (χ3n) is 3.71. The summed E-state index contributed by atoms with van der Waals surface area (Å²) < 4.78 is 0. The average molecular weight is 271 g/mol. The summed E-state index contributed by atoms with van der Waals surface area (Å²) in [5, 5.41) is 0. The van der Waals surface area contributed by atoms with Crippen LogP contribution in [0, 0.1) is 25.2 Å². The maximum atomic E-state index is 12.1. The Morgan fingerprint density at radius 2 is 1.75 bits per heavy atom. The standard InChI is InChI=1S/C17H21NO2/c1-11-5-6-14(12(2)7-11)18-10-13-15(19)8-17(3,4)9-16(13)20/h5-7,10,13H,8-9H2,1-4H3. The number of rotatable bonds is 2. The molecule has 0 bridgehead atoms. The zero-order chi connectivity index (χ0) is 14.9. The molecule has 1 aromatic rings. The maximum absolute atomic E-state index is 12.1. The molecule has 0 unspecified atom stereocenters. The van der Waals surface area contributed by atoms with Gasteiger partial charge in [-0.2, -0.15) is 0 Å². The largest absolute Gasteiger partial charge is 0.298 e. The first-order chi connectivity index (χ1) is 9.28. The van der Waals surface area contributed by atoms with Gasteiger partial charge in [0.15, 0.2) is 0 Å². The zero-order valence-electron chi connectivity index (χ0n) is 12.6. The van der Waals surface area contributed by atoms with Crippen molar-refractivity contribution >= 4 is 23.5 Å². The molecular weight excluding hydrogens is 250 g/mol. The van der Waals surface area contributed by atoms with Gasteiger partial charge in [-0.25, -0.2) is 0 Å². The number of carbonyl (C=O) groups excluding carboxylic acids is 2. The molecule has 0 heterocycles. The molecule has 0 spiro atoms. The quantitative estimate of drug-likeness (QED) is 0.609. The lowest BCUT2D eigenvalue weighted by Crippen LogP contribution is -2.38. The number of aryl methyl sites for hydroxylation is 2. The van der Waals surface area contributed by atoms with E-state index in [4.69, 9.17) is 0 Å². The summed E-state index contributed by atoms with van der Waals surface area (Å²) in [5.41, 5.74) is 2.84. The molecule has 0 aliphatic heterocycles. The van der Waals surface area contributed by atoms with E-state index in [0.717, 1.165) is 11.3 Å². The number of benzene rings is 1. The molecule has 1 aliphatic rings. The Kier molecular flexibility index (Phi) is 3.89. The van der Waals surface area contributed by atoms with Gasteiger partial charge in [0.2, 0.25) is 0 Å². The van der Waals surface area contributed by atoms with Crippen molar-refractivity contribution < 1.29 is 9.59 Å². The van der Waals surface area contributed by atoms with Crippen molar-refractivity contribution in [1.29, 1.82) is 0 Å². The fraction of sp³-hybridized carbons (Fsp3) is 0.471. The lowest BCUT2D eigenvalue weighted by molar-refractivity contribution is -0.136. The molecule has 0 aromatic heterocycles. The molecule has 0 amide bonds. The molecule has 1 fully saturated rings. The number of hydrogen-bond donors (Lipinski definition) is 0. The predicted octanol–water partition coefficient (Wildman–Crippen LogP) is 3.58. The molecule has 0 N–H and O–H groups in total. The van der Waals surface area contributed by atoms with Crippen LogP contribution in [0.5, 0.6) is 0 Å². The Morgan fingerprint density at radius 1 is 1.15 bits per heavy atom. The van der Waals surface area contributed by atoms with Crippen LogP contribution in [0.3, 0.4) is 0 Å². The second-order valence-electron chi connectivity index (χ2n) is 6.50. The highest BCUT2D eigenvalue weighted by Crippen LogP contribution is 2.33. The van der Waals surface area contributed by atoms with Crippen LogP contribution < -0.4 is 0 Å². The number of hydrogen-bond acceptors (Lipinski definition) is 3. The summed E-state index contributed by atoms with van der Waals surface area (Å²) >= 11 is 0. The summed E-state index contributed by atoms with van der Waals surface area (Å²) in [4.78, 5) is 28.5. The second kappa shape index (κ2) is 5.31. The first-order valence-corrected chi connectivity index (χ1v) is 6.95. The first-order valence-electron chi connectivity index (χ1n) is 6.95. The third-order valence-corrected chi connectivity index (χ3v) is 3.71. The van der Waals surface area contributed by atoms with Crippen LogP contribution in [-0.4, -0.2) is 17.8 Å². The van der Waals surface area contributed by atoms with Crippen LogP contribution in [0.1, 0.15) is 37.8 Å². The van der Waals surface area contributed by atoms with Gasteiger partial charge in [0.25, 0.3) is 0 Å². The van der Waals surface area contributed by atoms with E-state index in [1.807, 2.05) is 45.9 Å². The van der Waals surface area contributed by atoms with Gasteiger partial charge in [-0.3, -0.25) is 14.6 Å². The van der Waals surface area contributed by atoms with Crippen LogP contribution in [0.4, 0.5) is 5.69 Å². The van der Waals surface area contributed by atoms with E-state index in [9.17, 15) is 9.59 Å². The molecule has 0 radical (unpaired) electrons. The van der Waals surface area contributed by atoms with Crippen molar-refractivity contribution in [3.05, 3.63) is 29.3 Å². The van der Waals surface area contributed by atoms with Crippen LogP contribution in [-0.2, 0) is 9.59 Å². The highest BCUT2D eigenvalue weighted by molar-refractivity contribution is 6.16. The molecule has 3 nitrogen and oxygen atoms in total. The number of aliphatic imine (C=N–C) groups is 1. The Balaban J connectivity index is 2.19. The van der Waals surface area contributed by atoms with Crippen LogP contribution in [0.2, 0.25) is 0 Å². The average Bonchev–Trinajstić information content (AvgIpc) is 2.28. The molecule has 2 rings (SSSR count). The number of carbonyl (C=O) groups is 2. The Morgan fingerprint density at radius 3 is 2.30 bits per heavy atom. The maximum Gasteiger partial charge on any atom is 0.149 e. The van der Waals surface area contributed by atoms with Crippen molar-refractivity contribution in [2.75, 3.05) is 0 Å². The fourth-order valence-corrected chi connectivity index (χ4v) is 2.68. The molecule has 0 saturated heterocycles. The molecule has 0 atom stereocenters. The number of ketones is 2. The monoisotopic (exact) mass is 271 g/mol. The van der Waals surface area contributed by atoms with Crippen LogP contribution in [0.25, 0.3) is 0 Å². The van der Waals surface area contributed by atoms with Gasteiger partial charge in [0.05, 0.1) is 5.69 Å². The van der Waals surface area contributed by atoms with Gasteiger partial charge in [-0.1, -0.05) is 31.5 Å². The summed E-state index contributed by atoms with van der Waals surface area (Å²) in [7, 11) is 0. The smallest absolute Gasteiger partial charge is 0.149 e. The zero-order valence-corrected chi connectivity index (χ0v) is 12.6. The van der Waals surface area contributed by atoms with E-state index < -0.39 is 5.92 Å². The predicted molar refractivity (Wildman–Crippen MR) is 80.6 cm³/mol. The summed E-state index contributed by atoms with van der Waals surface area (Å²) in [5.74, 6) is -0.691. The lowest BCUT2D eigenvalue weighted by atomic mass is 9.72. The number of Topliss-reactive ketones (excluding diaryl/α,β-unsaturated/α-hetero) is 2. The molecular formula is C17H21NO2. The van der Waals surface area contributed by atoms with Crippen molar-refractivity contribution in [2.45, 2.75) is 40.5 Å². The van der Waals surface area contributed by atoms with Crippen molar-refractivity contribution in [1.82, 2.24) is 0 Å². The van der Waals surface area contributed by atoms with Crippen molar-refractivity contribution in [2.24, 2.45) is 16.3 Å². The fourth-order valence-electron chi connectivity index (χ4n) is 2.68. The molecule has 20 heavy (non-hydrogen) atoms. The van der Waals surface area contributed by atoms with E-state index in [0.29, 0.717) is 12.8 Å². The van der Waals surface area contributed by atoms with E-state index in [1.54, 1.807) is 0 Å². The van der Waals surface area contributed by atoms with Crippen molar-refractivity contribution in [3.8, 4) is 0 Å². The minimum Gasteiger partial charge on any atom is -0.298 e. The SMILES string of the molecule is Cc1ccc(N=CC2C(=O)CC(C)(C)CC2=O)c(C)c1. The Bertz CT molecular complexity index is 565. The Labute approximate surface area is 120 Å². The minimum atomic E-state index is -0.663. The van der Waals surface area contributed by atoms with Crippen LogP contribution >= 0.6 is 0 Å². The van der Waals surface area contributed by atoms with Gasteiger partial charge in [-0.05, 0) is 30.9 Å². The molecule has 1 aromatic carbocycles. The number of nitrogens with zero attached hydrogens (tertiary/aromatic N) is 1. The van der Waals surface area contributed by atoms with E-state index in [1.165, 1.54) is 11.8 Å². The topological polar surface area (TPSA) is 46.5 Å². The summed E-state index contributed by atoms with van der Waals surface area (Å²) in [6.45, 7) is 7.92. The van der Waals surface area contributed by atoms with Gasteiger partial charge >= 0.3 is 0 Å². The van der Waals surface area contributed by atoms with Crippen LogP contribution in [0.15, 0.2) is 23.2 Å². The van der Waals surface area contributed by atoms with E-state index >= 15 is 0 Å². The van der Waals surface area contributed by atoms with Gasteiger partial charge in [0, 0.05) is 19.1 Å². The summed E-state index contributed by atoms with van der Waals surface area (Å²) in [6, 6.07) is 5.94. The Hall–Kier alpha value is -1.77. The van der Waals surface area contributed by atoms with Gasteiger partial charge in [-0.15, -0.1) is 0 Å². The van der Waals surface area contributed by atoms with E-state index in [-0.39, 0.29) is 17.0 Å². The normalized spacial score (nSPS) is 19.8. The molecule has 1 saturated carbocycles. The molecule has 106 valence electrons. The highest BCUT2D eigenvalue weighted by Gasteiger charge is 2.38. The third kappa shape index (κ3) is 3.21. The highest BCUT2D eigenvalue weighted by atomic mass is 16.2.